The van der Waals surface area contributed by atoms with Crippen molar-refractivity contribution in [3.63, 3.8) is 0 Å². The Labute approximate surface area is 165 Å². The highest BCUT2D eigenvalue weighted by Gasteiger charge is 2.27. The first-order valence-corrected chi connectivity index (χ1v) is 9.10. The van der Waals surface area contributed by atoms with Crippen LogP contribution in [0.4, 0.5) is 0 Å². The van der Waals surface area contributed by atoms with E-state index in [9.17, 15) is 9.90 Å². The molecule has 0 saturated carbocycles. The van der Waals surface area contributed by atoms with E-state index < -0.39 is 5.54 Å². The molecule has 5 nitrogen and oxygen atoms in total. The maximum atomic E-state index is 12.7. The zero-order valence-electron chi connectivity index (χ0n) is 16.1. The highest BCUT2D eigenvalue weighted by atomic mass is 16.5. The number of hydrogen-bond acceptors (Lipinski definition) is 4. The second kappa shape index (κ2) is 8.67. The summed E-state index contributed by atoms with van der Waals surface area (Å²) in [6.07, 6.45) is 3.93. The number of benzene rings is 2. The third-order valence-electron chi connectivity index (χ3n) is 4.70. The topological polar surface area (TPSA) is 71.5 Å². The molecule has 2 N–H and O–H groups in total. The first-order valence-electron chi connectivity index (χ1n) is 9.10. The molecule has 0 bridgehead atoms. The second-order valence-electron chi connectivity index (χ2n) is 6.97. The molecule has 0 saturated heterocycles. The summed E-state index contributed by atoms with van der Waals surface area (Å²) in [4.78, 5) is 16.8. The number of nitrogens with zero attached hydrogens (tertiary/aromatic N) is 1. The SMILES string of the molecule is COc1ccccc1CC(C)(CO)NC(=O)c1ccc(-c2ccncc2)cc1. The largest absolute Gasteiger partial charge is 0.496 e. The molecule has 1 unspecified atom stereocenters. The molecule has 1 aromatic heterocycles. The van der Waals surface area contributed by atoms with Gasteiger partial charge >= 0.3 is 0 Å². The number of carbonyl (C=O) groups excluding carboxylic acids is 1. The van der Waals surface area contributed by atoms with Gasteiger partial charge in [0.05, 0.1) is 19.3 Å². The van der Waals surface area contributed by atoms with Crippen LogP contribution in [-0.2, 0) is 6.42 Å². The lowest BCUT2D eigenvalue weighted by Gasteiger charge is -2.29. The number of nitrogens with one attached hydrogen (secondary N) is 1. The van der Waals surface area contributed by atoms with Gasteiger partial charge in [0.15, 0.2) is 0 Å². The molecule has 3 aromatic rings. The summed E-state index contributed by atoms with van der Waals surface area (Å²) in [6, 6.07) is 18.8. The molecule has 0 aliphatic heterocycles. The number of para-hydroxylation sites is 1. The zero-order valence-corrected chi connectivity index (χ0v) is 16.1. The zero-order chi connectivity index (χ0) is 20.0. The molecular weight excluding hydrogens is 352 g/mol. The first-order chi connectivity index (χ1) is 13.5. The number of aliphatic hydroxyl groups excluding tert-OH is 1. The van der Waals surface area contributed by atoms with Gasteiger partial charge in [0.1, 0.15) is 5.75 Å². The van der Waals surface area contributed by atoms with Gasteiger partial charge in [0.2, 0.25) is 0 Å². The molecule has 2 aromatic carbocycles. The van der Waals surface area contributed by atoms with Crippen LogP contribution < -0.4 is 10.1 Å². The van der Waals surface area contributed by atoms with E-state index in [0.717, 1.165) is 22.4 Å². The van der Waals surface area contributed by atoms with E-state index in [4.69, 9.17) is 4.74 Å². The molecule has 0 fully saturated rings. The number of methoxy groups -OCH3 is 1. The van der Waals surface area contributed by atoms with Crippen LogP contribution in [0.15, 0.2) is 73.1 Å². The monoisotopic (exact) mass is 376 g/mol. The van der Waals surface area contributed by atoms with Crippen molar-refractivity contribution in [3.8, 4) is 16.9 Å². The Morgan fingerprint density at radius 1 is 1.04 bits per heavy atom. The maximum Gasteiger partial charge on any atom is 0.251 e. The lowest BCUT2D eigenvalue weighted by Crippen LogP contribution is -2.50. The quantitative estimate of drug-likeness (QED) is 0.662. The summed E-state index contributed by atoms with van der Waals surface area (Å²) in [5.41, 5.74) is 2.71. The summed E-state index contributed by atoms with van der Waals surface area (Å²) in [5, 5.41) is 12.9. The van der Waals surface area contributed by atoms with Crippen molar-refractivity contribution in [1.29, 1.82) is 0 Å². The average Bonchev–Trinajstić information content (AvgIpc) is 2.75. The molecule has 0 radical (unpaired) electrons. The predicted molar refractivity (Wildman–Crippen MR) is 109 cm³/mol. The molecule has 1 amide bonds. The highest BCUT2D eigenvalue weighted by molar-refractivity contribution is 5.95. The fourth-order valence-corrected chi connectivity index (χ4v) is 3.11. The van der Waals surface area contributed by atoms with Gasteiger partial charge in [-0.2, -0.15) is 0 Å². The van der Waals surface area contributed by atoms with Crippen molar-refractivity contribution in [2.75, 3.05) is 13.7 Å². The molecule has 1 atom stereocenters. The summed E-state index contributed by atoms with van der Waals surface area (Å²) >= 11 is 0. The molecule has 0 aliphatic rings. The Bertz CT molecular complexity index is 926. The van der Waals surface area contributed by atoms with Gasteiger partial charge in [0.25, 0.3) is 5.91 Å². The predicted octanol–water partition coefficient (Wildman–Crippen LogP) is 3.48. The van der Waals surface area contributed by atoms with E-state index in [1.807, 2.05) is 55.5 Å². The number of pyridine rings is 1. The van der Waals surface area contributed by atoms with Gasteiger partial charge in [-0.3, -0.25) is 9.78 Å². The third kappa shape index (κ3) is 4.56. The van der Waals surface area contributed by atoms with E-state index in [0.29, 0.717) is 12.0 Å². The molecule has 28 heavy (non-hydrogen) atoms. The number of amides is 1. The third-order valence-corrected chi connectivity index (χ3v) is 4.70. The van der Waals surface area contributed by atoms with Crippen LogP contribution in [0, 0.1) is 0 Å². The van der Waals surface area contributed by atoms with Crippen LogP contribution in [0.1, 0.15) is 22.8 Å². The normalized spacial score (nSPS) is 12.8. The number of aliphatic hydroxyl groups is 1. The number of carbonyl (C=O) groups is 1. The number of hydrogen-bond donors (Lipinski definition) is 2. The van der Waals surface area contributed by atoms with Crippen molar-refractivity contribution in [2.24, 2.45) is 0 Å². The Morgan fingerprint density at radius 2 is 1.68 bits per heavy atom. The molecular formula is C23H24N2O3. The lowest BCUT2D eigenvalue weighted by molar-refractivity contribution is 0.0851. The lowest BCUT2D eigenvalue weighted by atomic mass is 9.92. The van der Waals surface area contributed by atoms with Crippen molar-refractivity contribution in [3.05, 3.63) is 84.2 Å². The van der Waals surface area contributed by atoms with Crippen LogP contribution in [0.25, 0.3) is 11.1 Å². The van der Waals surface area contributed by atoms with Crippen LogP contribution in [0.5, 0.6) is 5.75 Å². The van der Waals surface area contributed by atoms with Gasteiger partial charge in [-0.15, -0.1) is 0 Å². The van der Waals surface area contributed by atoms with Crippen molar-refractivity contribution < 1.29 is 14.6 Å². The van der Waals surface area contributed by atoms with Gasteiger partial charge in [-0.25, -0.2) is 0 Å². The van der Waals surface area contributed by atoms with E-state index in [2.05, 4.69) is 10.3 Å². The minimum Gasteiger partial charge on any atom is -0.496 e. The van der Waals surface area contributed by atoms with Crippen molar-refractivity contribution in [1.82, 2.24) is 10.3 Å². The molecule has 144 valence electrons. The summed E-state index contributed by atoms with van der Waals surface area (Å²) in [6.45, 7) is 1.63. The van der Waals surface area contributed by atoms with E-state index >= 15 is 0 Å². The van der Waals surface area contributed by atoms with Gasteiger partial charge in [-0.05, 0) is 53.9 Å². The fraction of sp³-hybridized carbons (Fsp3) is 0.217. The molecule has 5 heteroatoms. The molecule has 0 spiro atoms. The molecule has 0 aliphatic carbocycles. The Morgan fingerprint density at radius 3 is 2.32 bits per heavy atom. The van der Waals surface area contributed by atoms with E-state index in [1.165, 1.54) is 0 Å². The van der Waals surface area contributed by atoms with Gasteiger partial charge in [-0.1, -0.05) is 30.3 Å². The molecule has 3 rings (SSSR count). The van der Waals surface area contributed by atoms with Gasteiger partial charge in [0, 0.05) is 24.4 Å². The smallest absolute Gasteiger partial charge is 0.251 e. The summed E-state index contributed by atoms with van der Waals surface area (Å²) < 4.78 is 5.38. The Hall–Kier alpha value is -3.18. The standard InChI is InChI=1S/C23H24N2O3/c1-23(16-26,15-20-5-3-4-6-21(20)28-2)25-22(27)19-9-7-17(8-10-19)18-11-13-24-14-12-18/h3-14,26H,15-16H2,1-2H3,(H,25,27). The Balaban J connectivity index is 1.74. The number of rotatable bonds is 7. The summed E-state index contributed by atoms with van der Waals surface area (Å²) in [7, 11) is 1.61. The Kier molecular flexibility index (Phi) is 6.06. The van der Waals surface area contributed by atoms with Crippen LogP contribution in [0.3, 0.4) is 0 Å². The van der Waals surface area contributed by atoms with Gasteiger partial charge < -0.3 is 15.2 Å². The first kappa shape index (κ1) is 19.6. The number of ether oxygens (including phenoxy) is 1. The minimum absolute atomic E-state index is 0.189. The van der Waals surface area contributed by atoms with E-state index in [1.54, 1.807) is 31.6 Å². The van der Waals surface area contributed by atoms with Crippen LogP contribution in [0.2, 0.25) is 0 Å². The highest BCUT2D eigenvalue weighted by Crippen LogP contribution is 2.23. The number of aromatic nitrogens is 1. The van der Waals surface area contributed by atoms with E-state index in [-0.39, 0.29) is 12.5 Å². The maximum absolute atomic E-state index is 12.7. The fourth-order valence-electron chi connectivity index (χ4n) is 3.11. The average molecular weight is 376 g/mol. The second-order valence-corrected chi connectivity index (χ2v) is 6.97. The van der Waals surface area contributed by atoms with Crippen LogP contribution >= 0.6 is 0 Å². The molecule has 1 heterocycles. The summed E-state index contributed by atoms with van der Waals surface area (Å²) in [5.74, 6) is 0.505. The van der Waals surface area contributed by atoms with Crippen molar-refractivity contribution in [2.45, 2.75) is 18.9 Å². The van der Waals surface area contributed by atoms with Crippen molar-refractivity contribution >= 4 is 5.91 Å². The minimum atomic E-state index is -0.810. The van der Waals surface area contributed by atoms with Crippen LogP contribution in [-0.4, -0.2) is 35.3 Å².